The molecule has 0 saturated heterocycles. The lowest BCUT2D eigenvalue weighted by atomic mass is 10.1. The number of hydrogen-bond acceptors (Lipinski definition) is 2. The Morgan fingerprint density at radius 2 is 2.11 bits per heavy atom. The van der Waals surface area contributed by atoms with Crippen LogP contribution in [0.25, 0.3) is 0 Å². The Morgan fingerprint density at radius 3 is 2.68 bits per heavy atom. The maximum absolute atomic E-state index is 11.9. The van der Waals surface area contributed by atoms with Crippen LogP contribution < -0.4 is 5.32 Å². The summed E-state index contributed by atoms with van der Waals surface area (Å²) in [5, 5.41) is 7.02. The van der Waals surface area contributed by atoms with Crippen molar-refractivity contribution < 1.29 is 4.79 Å². The van der Waals surface area contributed by atoms with Crippen molar-refractivity contribution in [3.05, 3.63) is 53.3 Å². The molecule has 0 spiro atoms. The molecule has 0 unspecified atom stereocenters. The van der Waals surface area contributed by atoms with Gasteiger partial charge in [0, 0.05) is 24.2 Å². The van der Waals surface area contributed by atoms with Gasteiger partial charge in [-0.2, -0.15) is 5.10 Å². The van der Waals surface area contributed by atoms with Crippen LogP contribution in [-0.4, -0.2) is 22.2 Å². The molecule has 0 aliphatic carbocycles. The Labute approximate surface area is 117 Å². The zero-order valence-corrected chi connectivity index (χ0v) is 11.5. The Kier molecular flexibility index (Phi) is 4.58. The highest BCUT2D eigenvalue weighted by molar-refractivity contribution is 6.17. The van der Waals surface area contributed by atoms with E-state index in [1.54, 1.807) is 18.3 Å². The third-order valence-corrected chi connectivity index (χ3v) is 3.07. The third kappa shape index (κ3) is 3.83. The molecular formula is C14H16ClN3O. The number of aryl methyl sites for hydroxylation is 1. The predicted molar refractivity (Wildman–Crippen MR) is 75.3 cm³/mol. The van der Waals surface area contributed by atoms with Gasteiger partial charge in [-0.25, -0.2) is 0 Å². The van der Waals surface area contributed by atoms with Crippen LogP contribution in [0.4, 0.5) is 0 Å². The lowest BCUT2D eigenvalue weighted by molar-refractivity contribution is 0.0952. The summed E-state index contributed by atoms with van der Waals surface area (Å²) in [7, 11) is 0. The highest BCUT2D eigenvalue weighted by atomic mass is 35.5. The lowest BCUT2D eigenvalue weighted by Crippen LogP contribution is -2.27. The second-order valence-corrected chi connectivity index (χ2v) is 4.63. The fourth-order valence-electron chi connectivity index (χ4n) is 1.72. The normalized spacial score (nSPS) is 10.4. The maximum atomic E-state index is 11.9. The van der Waals surface area contributed by atoms with E-state index in [1.807, 2.05) is 29.9 Å². The zero-order valence-electron chi connectivity index (χ0n) is 10.8. The van der Waals surface area contributed by atoms with Crippen LogP contribution in [0.1, 0.15) is 21.5 Å². The quantitative estimate of drug-likeness (QED) is 0.853. The van der Waals surface area contributed by atoms with Crippen molar-refractivity contribution in [3.8, 4) is 0 Å². The number of carbonyl (C=O) groups excluding carboxylic acids is 1. The van der Waals surface area contributed by atoms with Crippen LogP contribution in [-0.2, 0) is 12.4 Å². The molecule has 0 radical (unpaired) electrons. The summed E-state index contributed by atoms with van der Waals surface area (Å²) in [4.78, 5) is 11.9. The van der Waals surface area contributed by atoms with Gasteiger partial charge in [-0.05, 0) is 30.2 Å². The average Bonchev–Trinajstić information content (AvgIpc) is 2.84. The van der Waals surface area contributed by atoms with Crippen molar-refractivity contribution in [1.29, 1.82) is 0 Å². The molecule has 5 heteroatoms. The highest BCUT2D eigenvalue weighted by Gasteiger charge is 2.04. The van der Waals surface area contributed by atoms with Crippen molar-refractivity contribution in [2.24, 2.45) is 0 Å². The Hall–Kier alpha value is -1.81. The molecule has 0 fully saturated rings. The fraction of sp³-hybridized carbons (Fsp3) is 0.286. The molecule has 0 atom stereocenters. The first-order chi connectivity index (χ1) is 9.19. The maximum Gasteiger partial charge on any atom is 0.251 e. The number of hydrogen-bond donors (Lipinski definition) is 1. The Balaban J connectivity index is 1.83. The number of benzene rings is 1. The van der Waals surface area contributed by atoms with Crippen LogP contribution in [0.3, 0.4) is 0 Å². The van der Waals surface area contributed by atoms with Gasteiger partial charge in [-0.1, -0.05) is 12.1 Å². The third-order valence-electron chi connectivity index (χ3n) is 2.76. The van der Waals surface area contributed by atoms with Crippen molar-refractivity contribution in [3.63, 3.8) is 0 Å². The van der Waals surface area contributed by atoms with E-state index in [0.717, 1.165) is 11.1 Å². The van der Waals surface area contributed by atoms with Gasteiger partial charge in [0.25, 0.3) is 5.91 Å². The van der Waals surface area contributed by atoms with E-state index in [0.29, 0.717) is 24.5 Å². The molecular weight excluding hydrogens is 262 g/mol. The van der Waals surface area contributed by atoms with Gasteiger partial charge in [0.15, 0.2) is 0 Å². The standard InChI is InChI=1S/C14H16ClN3O/c1-11-9-17-18(10-11)7-6-16-14(19)13-4-2-12(8-15)3-5-13/h2-5,9-10H,6-8H2,1H3,(H,16,19). The molecule has 1 aromatic heterocycles. The van der Waals surface area contributed by atoms with Crippen molar-refractivity contribution in [2.45, 2.75) is 19.3 Å². The summed E-state index contributed by atoms with van der Waals surface area (Å²) < 4.78 is 1.81. The number of amides is 1. The number of rotatable bonds is 5. The van der Waals surface area contributed by atoms with E-state index in [-0.39, 0.29) is 5.91 Å². The molecule has 0 saturated carbocycles. The van der Waals surface area contributed by atoms with Gasteiger partial charge in [0.05, 0.1) is 12.7 Å². The number of nitrogens with zero attached hydrogens (tertiary/aromatic N) is 2. The van der Waals surface area contributed by atoms with Gasteiger partial charge >= 0.3 is 0 Å². The largest absolute Gasteiger partial charge is 0.350 e. The molecule has 1 amide bonds. The molecule has 2 aromatic rings. The summed E-state index contributed by atoms with van der Waals surface area (Å²) in [5.41, 5.74) is 2.76. The second-order valence-electron chi connectivity index (χ2n) is 4.37. The van der Waals surface area contributed by atoms with Gasteiger partial charge in [0.1, 0.15) is 0 Å². The van der Waals surface area contributed by atoms with Gasteiger partial charge in [-0.3, -0.25) is 9.48 Å². The van der Waals surface area contributed by atoms with E-state index < -0.39 is 0 Å². The summed E-state index contributed by atoms with van der Waals surface area (Å²) in [6.45, 7) is 3.21. The minimum absolute atomic E-state index is 0.0787. The van der Waals surface area contributed by atoms with E-state index in [1.165, 1.54) is 0 Å². The van der Waals surface area contributed by atoms with Gasteiger partial charge in [-0.15, -0.1) is 11.6 Å². The second kappa shape index (κ2) is 6.38. The first-order valence-electron chi connectivity index (χ1n) is 6.11. The average molecular weight is 278 g/mol. The molecule has 4 nitrogen and oxygen atoms in total. The van der Waals surface area contributed by atoms with Gasteiger partial charge in [0.2, 0.25) is 0 Å². The summed E-state index contributed by atoms with van der Waals surface area (Å²) in [6, 6.07) is 7.29. The minimum Gasteiger partial charge on any atom is -0.350 e. The number of alkyl halides is 1. The molecule has 100 valence electrons. The van der Waals surface area contributed by atoms with Gasteiger partial charge < -0.3 is 5.32 Å². The van der Waals surface area contributed by atoms with Crippen LogP contribution in [0.2, 0.25) is 0 Å². The molecule has 19 heavy (non-hydrogen) atoms. The molecule has 0 bridgehead atoms. The SMILES string of the molecule is Cc1cnn(CCNC(=O)c2ccc(CCl)cc2)c1. The monoisotopic (exact) mass is 277 g/mol. The predicted octanol–water partition coefficient (Wildman–Crippen LogP) is 2.36. The molecule has 1 N–H and O–H groups in total. The summed E-state index contributed by atoms with van der Waals surface area (Å²) in [6.07, 6.45) is 3.74. The number of nitrogens with one attached hydrogen (secondary N) is 1. The molecule has 0 aliphatic heterocycles. The van der Waals surface area contributed by atoms with E-state index in [9.17, 15) is 4.79 Å². The number of aromatic nitrogens is 2. The van der Waals surface area contributed by atoms with Crippen LogP contribution >= 0.6 is 11.6 Å². The number of carbonyl (C=O) groups is 1. The van der Waals surface area contributed by atoms with Crippen LogP contribution in [0.15, 0.2) is 36.7 Å². The first-order valence-corrected chi connectivity index (χ1v) is 6.64. The smallest absolute Gasteiger partial charge is 0.251 e. The highest BCUT2D eigenvalue weighted by Crippen LogP contribution is 2.06. The van der Waals surface area contributed by atoms with E-state index >= 15 is 0 Å². The topological polar surface area (TPSA) is 46.9 Å². The van der Waals surface area contributed by atoms with E-state index in [4.69, 9.17) is 11.6 Å². The molecule has 2 rings (SSSR count). The fourth-order valence-corrected chi connectivity index (χ4v) is 1.90. The molecule has 0 aliphatic rings. The van der Waals surface area contributed by atoms with E-state index in [2.05, 4.69) is 10.4 Å². The molecule has 1 heterocycles. The van der Waals surface area contributed by atoms with Crippen LogP contribution in [0.5, 0.6) is 0 Å². The summed E-state index contributed by atoms with van der Waals surface area (Å²) >= 11 is 5.70. The summed E-state index contributed by atoms with van der Waals surface area (Å²) in [5.74, 6) is 0.380. The zero-order chi connectivity index (χ0) is 13.7. The number of halogens is 1. The van der Waals surface area contributed by atoms with Crippen molar-refractivity contribution in [2.75, 3.05) is 6.54 Å². The minimum atomic E-state index is -0.0787. The van der Waals surface area contributed by atoms with Crippen molar-refractivity contribution in [1.82, 2.24) is 15.1 Å². The lowest BCUT2D eigenvalue weighted by Gasteiger charge is -2.06. The Bertz CT molecular complexity index is 548. The van der Waals surface area contributed by atoms with Crippen molar-refractivity contribution >= 4 is 17.5 Å². The Morgan fingerprint density at radius 1 is 1.37 bits per heavy atom. The molecule has 1 aromatic carbocycles. The van der Waals surface area contributed by atoms with Crippen LogP contribution in [0, 0.1) is 6.92 Å². The first kappa shape index (κ1) is 13.6.